The molecule has 0 bridgehead atoms. The zero-order valence-corrected chi connectivity index (χ0v) is 11.9. The van der Waals surface area contributed by atoms with Crippen LogP contribution in [0.15, 0.2) is 0 Å². The number of rotatable bonds is 9. The predicted molar refractivity (Wildman–Crippen MR) is 74.5 cm³/mol. The Hall–Kier alpha value is -1.85. The number of aliphatic hydroxyl groups is 1. The van der Waals surface area contributed by atoms with Crippen LogP contribution in [-0.2, 0) is 19.2 Å². The number of carboxylic acids is 1. The van der Waals surface area contributed by atoms with E-state index in [0.29, 0.717) is 0 Å². The number of aliphatic hydroxyl groups excluding tert-OH is 1. The fourth-order valence-electron chi connectivity index (χ4n) is 1.15. The summed E-state index contributed by atoms with van der Waals surface area (Å²) in [6.07, 6.45) is 0. The number of hydrogen-bond acceptors (Lipinski definition) is 7. The molecule has 0 spiro atoms. The second-order valence-electron chi connectivity index (χ2n) is 3.87. The van der Waals surface area contributed by atoms with Gasteiger partial charge in [0.1, 0.15) is 12.1 Å². The molecular formula is C10H18N4O6S. The summed E-state index contributed by atoms with van der Waals surface area (Å²) in [5.74, 6) is -3.53. The van der Waals surface area contributed by atoms with Crippen molar-refractivity contribution in [2.24, 2.45) is 5.73 Å². The monoisotopic (exact) mass is 322 g/mol. The second kappa shape index (κ2) is 9.96. The summed E-state index contributed by atoms with van der Waals surface area (Å²) in [5, 5.41) is 24.0. The Bertz CT molecular complexity index is 405. The lowest BCUT2D eigenvalue weighted by atomic mass is 10.2. The number of hydrogen-bond donors (Lipinski definition) is 7. The maximum Gasteiger partial charge on any atom is 0.328 e. The lowest BCUT2D eigenvalue weighted by molar-refractivity contribution is -0.143. The molecule has 0 aliphatic rings. The van der Waals surface area contributed by atoms with Gasteiger partial charge in [-0.15, -0.1) is 0 Å². The second-order valence-corrected chi connectivity index (χ2v) is 4.23. The van der Waals surface area contributed by atoms with Gasteiger partial charge < -0.3 is 31.9 Å². The Balaban J connectivity index is 4.42. The molecule has 3 amide bonds. The minimum atomic E-state index is -1.48. The van der Waals surface area contributed by atoms with E-state index in [9.17, 15) is 19.2 Å². The van der Waals surface area contributed by atoms with Crippen molar-refractivity contribution in [3.8, 4) is 0 Å². The average molecular weight is 322 g/mol. The van der Waals surface area contributed by atoms with Gasteiger partial charge in [0, 0.05) is 5.75 Å². The molecule has 2 unspecified atom stereocenters. The molecule has 120 valence electrons. The third-order valence-corrected chi connectivity index (χ3v) is 2.63. The first kappa shape index (κ1) is 19.1. The van der Waals surface area contributed by atoms with Crippen molar-refractivity contribution in [2.45, 2.75) is 12.1 Å². The lowest BCUT2D eigenvalue weighted by Gasteiger charge is -2.19. The van der Waals surface area contributed by atoms with Crippen LogP contribution < -0.4 is 21.7 Å². The first-order chi connectivity index (χ1) is 9.85. The molecule has 0 saturated carbocycles. The first-order valence-electron chi connectivity index (χ1n) is 5.86. The van der Waals surface area contributed by atoms with Crippen molar-refractivity contribution in [2.75, 3.05) is 25.4 Å². The van der Waals surface area contributed by atoms with Gasteiger partial charge in [-0.25, -0.2) is 4.79 Å². The van der Waals surface area contributed by atoms with E-state index in [1.165, 1.54) is 0 Å². The highest BCUT2D eigenvalue weighted by atomic mass is 32.1. The predicted octanol–water partition coefficient (Wildman–Crippen LogP) is -3.96. The molecule has 0 aliphatic carbocycles. The average Bonchev–Trinajstić information content (AvgIpc) is 2.46. The van der Waals surface area contributed by atoms with Crippen LogP contribution in [0.1, 0.15) is 0 Å². The summed E-state index contributed by atoms with van der Waals surface area (Å²) in [5.41, 5.74) is 5.03. The summed E-state index contributed by atoms with van der Waals surface area (Å²) in [7, 11) is 0. The van der Waals surface area contributed by atoms with Gasteiger partial charge in [0.15, 0.2) is 0 Å². The van der Waals surface area contributed by atoms with Gasteiger partial charge in [0.05, 0.1) is 19.7 Å². The van der Waals surface area contributed by atoms with Crippen molar-refractivity contribution >= 4 is 36.3 Å². The molecule has 0 saturated heterocycles. The van der Waals surface area contributed by atoms with Crippen LogP contribution in [0.3, 0.4) is 0 Å². The zero-order chi connectivity index (χ0) is 16.4. The topological polar surface area (TPSA) is 171 Å². The fraction of sp³-hybridized carbons (Fsp3) is 0.600. The van der Waals surface area contributed by atoms with Gasteiger partial charge >= 0.3 is 5.97 Å². The molecular weight excluding hydrogens is 304 g/mol. The number of aliphatic carboxylic acids is 1. The number of amides is 3. The van der Waals surface area contributed by atoms with Gasteiger partial charge in [-0.3, -0.25) is 14.4 Å². The molecule has 11 heteroatoms. The van der Waals surface area contributed by atoms with Crippen molar-refractivity contribution < 1.29 is 29.4 Å². The van der Waals surface area contributed by atoms with Gasteiger partial charge in [-0.05, 0) is 0 Å². The van der Waals surface area contributed by atoms with E-state index >= 15 is 0 Å². The zero-order valence-electron chi connectivity index (χ0n) is 11.0. The summed E-state index contributed by atoms with van der Waals surface area (Å²) in [6.45, 7) is -1.45. The van der Waals surface area contributed by atoms with E-state index in [1.807, 2.05) is 5.32 Å². The summed E-state index contributed by atoms with van der Waals surface area (Å²) in [6, 6.07) is -2.59. The number of nitrogens with two attached hydrogens (primary N) is 1. The van der Waals surface area contributed by atoms with E-state index in [-0.39, 0.29) is 18.8 Å². The van der Waals surface area contributed by atoms with Crippen molar-refractivity contribution in [1.82, 2.24) is 16.0 Å². The third-order valence-electron chi connectivity index (χ3n) is 2.26. The van der Waals surface area contributed by atoms with E-state index in [4.69, 9.17) is 15.9 Å². The highest BCUT2D eigenvalue weighted by Crippen LogP contribution is 1.92. The van der Waals surface area contributed by atoms with Crippen molar-refractivity contribution in [3.05, 3.63) is 0 Å². The number of carbonyl (C=O) groups is 4. The molecule has 2 atom stereocenters. The third kappa shape index (κ3) is 7.48. The maximum absolute atomic E-state index is 11.7. The van der Waals surface area contributed by atoms with Gasteiger partial charge in [-0.1, -0.05) is 0 Å². The minimum Gasteiger partial charge on any atom is -0.480 e. The van der Waals surface area contributed by atoms with Gasteiger partial charge in [0.2, 0.25) is 17.7 Å². The summed E-state index contributed by atoms with van der Waals surface area (Å²) in [4.78, 5) is 44.7. The molecule has 0 aliphatic heterocycles. The van der Waals surface area contributed by atoms with Crippen LogP contribution in [0.25, 0.3) is 0 Å². The van der Waals surface area contributed by atoms with Gasteiger partial charge in [-0.2, -0.15) is 12.6 Å². The van der Waals surface area contributed by atoms with Crippen LogP contribution in [0, 0.1) is 0 Å². The SMILES string of the molecule is NCC(=O)NCC(=O)NC(CS)C(=O)NC(CO)C(=O)O. The lowest BCUT2D eigenvalue weighted by Crippen LogP contribution is -2.54. The molecule has 0 rings (SSSR count). The Morgan fingerprint density at radius 1 is 1.10 bits per heavy atom. The molecule has 0 aromatic carbocycles. The molecule has 10 nitrogen and oxygen atoms in total. The van der Waals surface area contributed by atoms with E-state index in [2.05, 4.69) is 23.3 Å². The minimum absolute atomic E-state index is 0.0970. The molecule has 0 radical (unpaired) electrons. The van der Waals surface area contributed by atoms with Crippen LogP contribution in [0.5, 0.6) is 0 Å². The summed E-state index contributed by atoms with van der Waals surface area (Å²) < 4.78 is 0. The van der Waals surface area contributed by atoms with Crippen LogP contribution in [0.4, 0.5) is 0 Å². The van der Waals surface area contributed by atoms with Crippen molar-refractivity contribution in [3.63, 3.8) is 0 Å². The molecule has 0 heterocycles. The molecule has 0 aromatic rings. The highest BCUT2D eigenvalue weighted by molar-refractivity contribution is 7.80. The Labute approximate surface area is 125 Å². The normalized spacial score (nSPS) is 12.9. The summed E-state index contributed by atoms with van der Waals surface area (Å²) >= 11 is 3.87. The Morgan fingerprint density at radius 3 is 2.14 bits per heavy atom. The first-order valence-corrected chi connectivity index (χ1v) is 6.50. The van der Waals surface area contributed by atoms with E-state index in [0.717, 1.165) is 0 Å². The molecule has 7 N–H and O–H groups in total. The highest BCUT2D eigenvalue weighted by Gasteiger charge is 2.25. The molecule has 21 heavy (non-hydrogen) atoms. The largest absolute Gasteiger partial charge is 0.480 e. The van der Waals surface area contributed by atoms with Gasteiger partial charge in [0.25, 0.3) is 0 Å². The quantitative estimate of drug-likeness (QED) is 0.212. The smallest absolute Gasteiger partial charge is 0.328 e. The number of thiol groups is 1. The van der Waals surface area contributed by atoms with Crippen LogP contribution in [0.2, 0.25) is 0 Å². The molecule has 0 aromatic heterocycles. The number of carbonyl (C=O) groups excluding carboxylic acids is 3. The van der Waals surface area contributed by atoms with Crippen LogP contribution in [-0.4, -0.2) is 71.4 Å². The Morgan fingerprint density at radius 2 is 1.71 bits per heavy atom. The standard InChI is InChI=1S/C10H18N4O6S/c11-1-7(16)12-2-8(17)13-6(4-21)9(18)14-5(3-15)10(19)20/h5-6,15,21H,1-4,11H2,(H,12,16)(H,13,17)(H,14,18)(H,19,20). The number of nitrogens with one attached hydrogen (secondary N) is 3. The Kier molecular flexibility index (Phi) is 9.08. The van der Waals surface area contributed by atoms with Crippen LogP contribution >= 0.6 is 12.6 Å². The van der Waals surface area contributed by atoms with E-state index in [1.54, 1.807) is 0 Å². The maximum atomic E-state index is 11.7. The van der Waals surface area contributed by atoms with Crippen molar-refractivity contribution in [1.29, 1.82) is 0 Å². The number of carboxylic acid groups (broad SMARTS) is 1. The van der Waals surface area contributed by atoms with E-state index < -0.39 is 42.4 Å². The fourth-order valence-corrected chi connectivity index (χ4v) is 1.41. The molecule has 0 fully saturated rings.